The topological polar surface area (TPSA) is 9.23 Å². The zero-order valence-corrected chi connectivity index (χ0v) is 11.8. The number of fused-ring (bicyclic) bond motifs is 1. The maximum Gasteiger partial charge on any atom is 0.126 e. The molecule has 1 atom stereocenters. The van der Waals surface area contributed by atoms with Crippen molar-refractivity contribution in [3.63, 3.8) is 0 Å². The van der Waals surface area contributed by atoms with Gasteiger partial charge in [0, 0.05) is 10.2 Å². The summed E-state index contributed by atoms with van der Waals surface area (Å²) in [7, 11) is 1.72. The monoisotopic (exact) mass is 292 g/mol. The van der Waals surface area contributed by atoms with Crippen LogP contribution in [0.3, 0.4) is 0 Å². The van der Waals surface area contributed by atoms with Crippen molar-refractivity contribution in [3.8, 4) is 5.75 Å². The quantitative estimate of drug-likeness (QED) is 0.714. The molecule has 0 heterocycles. The van der Waals surface area contributed by atoms with Crippen LogP contribution in [0.2, 0.25) is 0 Å². The average molecular weight is 293 g/mol. The van der Waals surface area contributed by atoms with Crippen molar-refractivity contribution in [3.05, 3.63) is 42.0 Å². The molecule has 0 aliphatic rings. The van der Waals surface area contributed by atoms with E-state index >= 15 is 0 Å². The highest BCUT2D eigenvalue weighted by molar-refractivity contribution is 9.09. The van der Waals surface area contributed by atoms with Gasteiger partial charge in [0.15, 0.2) is 0 Å². The van der Waals surface area contributed by atoms with Crippen LogP contribution in [-0.4, -0.2) is 7.11 Å². The van der Waals surface area contributed by atoms with Crippen LogP contribution in [0.1, 0.15) is 30.2 Å². The van der Waals surface area contributed by atoms with E-state index in [0.717, 1.165) is 12.2 Å². The number of halogens is 1. The number of methoxy groups -OCH3 is 1. The number of ether oxygens (including phenoxy) is 1. The minimum Gasteiger partial charge on any atom is -0.496 e. The molecule has 0 N–H and O–H groups in total. The fourth-order valence-electron chi connectivity index (χ4n) is 2.15. The van der Waals surface area contributed by atoms with E-state index in [0.29, 0.717) is 4.83 Å². The molecule has 2 aromatic rings. The number of hydrogen-bond acceptors (Lipinski definition) is 1. The Balaban J connectivity index is 2.58. The molecule has 90 valence electrons. The van der Waals surface area contributed by atoms with E-state index in [1.165, 1.54) is 22.8 Å². The Morgan fingerprint density at radius 1 is 1.12 bits per heavy atom. The number of rotatable bonds is 4. The largest absolute Gasteiger partial charge is 0.496 e. The van der Waals surface area contributed by atoms with Gasteiger partial charge in [0.05, 0.1) is 7.11 Å². The minimum absolute atomic E-state index is 0.420. The zero-order chi connectivity index (χ0) is 12.3. The van der Waals surface area contributed by atoms with Gasteiger partial charge in [-0.25, -0.2) is 0 Å². The molecule has 0 saturated heterocycles. The molecule has 0 aromatic heterocycles. The molecular formula is C15H17BrO. The SMILES string of the molecule is CCCC(Br)c1ccc(OC)c2ccccc12. The van der Waals surface area contributed by atoms with E-state index in [-0.39, 0.29) is 0 Å². The highest BCUT2D eigenvalue weighted by atomic mass is 79.9. The second-order valence-electron chi connectivity index (χ2n) is 4.16. The summed E-state index contributed by atoms with van der Waals surface area (Å²) in [6.45, 7) is 2.21. The van der Waals surface area contributed by atoms with Gasteiger partial charge in [-0.1, -0.05) is 59.6 Å². The number of hydrogen-bond donors (Lipinski definition) is 0. The van der Waals surface area contributed by atoms with E-state index < -0.39 is 0 Å². The maximum absolute atomic E-state index is 5.41. The molecule has 17 heavy (non-hydrogen) atoms. The molecule has 2 rings (SSSR count). The summed E-state index contributed by atoms with van der Waals surface area (Å²) >= 11 is 3.77. The second kappa shape index (κ2) is 5.54. The molecule has 0 amide bonds. The Labute approximate surface area is 111 Å². The molecule has 0 fully saturated rings. The highest BCUT2D eigenvalue weighted by Gasteiger charge is 2.12. The number of benzene rings is 2. The van der Waals surface area contributed by atoms with Gasteiger partial charge >= 0.3 is 0 Å². The van der Waals surface area contributed by atoms with E-state index in [9.17, 15) is 0 Å². The average Bonchev–Trinajstić information content (AvgIpc) is 2.37. The van der Waals surface area contributed by atoms with Crippen molar-refractivity contribution in [2.45, 2.75) is 24.6 Å². The summed E-state index contributed by atoms with van der Waals surface area (Å²) in [5.74, 6) is 0.945. The van der Waals surface area contributed by atoms with Crippen molar-refractivity contribution >= 4 is 26.7 Å². The molecule has 0 bridgehead atoms. The van der Waals surface area contributed by atoms with Crippen molar-refractivity contribution in [2.24, 2.45) is 0 Å². The van der Waals surface area contributed by atoms with E-state index in [1.807, 2.05) is 0 Å². The molecule has 2 heteroatoms. The lowest BCUT2D eigenvalue weighted by molar-refractivity contribution is 0.419. The fourth-order valence-corrected chi connectivity index (χ4v) is 3.01. The van der Waals surface area contributed by atoms with Gasteiger partial charge in [-0.2, -0.15) is 0 Å². The first kappa shape index (κ1) is 12.4. The predicted octanol–water partition coefficient (Wildman–Crippen LogP) is 5.08. The lowest BCUT2D eigenvalue weighted by Gasteiger charge is -2.14. The molecule has 0 aliphatic heterocycles. The molecule has 1 nitrogen and oxygen atoms in total. The van der Waals surface area contributed by atoms with Gasteiger partial charge in [-0.3, -0.25) is 0 Å². The smallest absolute Gasteiger partial charge is 0.126 e. The predicted molar refractivity (Wildman–Crippen MR) is 77.1 cm³/mol. The summed E-state index contributed by atoms with van der Waals surface area (Å²) in [5.41, 5.74) is 1.35. The molecule has 0 saturated carbocycles. The summed E-state index contributed by atoms with van der Waals surface area (Å²) in [4.78, 5) is 0.420. The normalized spacial score (nSPS) is 12.6. The van der Waals surface area contributed by atoms with Crippen LogP contribution < -0.4 is 4.74 Å². The summed E-state index contributed by atoms with van der Waals surface area (Å²) in [5, 5.41) is 2.47. The molecule has 0 radical (unpaired) electrons. The Kier molecular flexibility index (Phi) is 4.06. The second-order valence-corrected chi connectivity index (χ2v) is 5.26. The fraction of sp³-hybridized carbons (Fsp3) is 0.333. The summed E-state index contributed by atoms with van der Waals surface area (Å²) in [6.07, 6.45) is 2.33. The van der Waals surface area contributed by atoms with Gasteiger partial charge in [0.1, 0.15) is 5.75 Å². The molecule has 1 unspecified atom stereocenters. The molecule has 0 spiro atoms. The van der Waals surface area contributed by atoms with Crippen LogP contribution in [0.15, 0.2) is 36.4 Å². The summed E-state index contributed by atoms with van der Waals surface area (Å²) in [6, 6.07) is 12.6. The Hall–Kier alpha value is -1.02. The van der Waals surface area contributed by atoms with Crippen LogP contribution in [0.5, 0.6) is 5.75 Å². The first-order chi connectivity index (χ1) is 8.27. The minimum atomic E-state index is 0.420. The Bertz CT molecular complexity index is 507. The maximum atomic E-state index is 5.41. The van der Waals surface area contributed by atoms with E-state index in [2.05, 4.69) is 59.3 Å². The first-order valence-electron chi connectivity index (χ1n) is 5.97. The van der Waals surface area contributed by atoms with Crippen LogP contribution in [0.25, 0.3) is 10.8 Å². The molecule has 0 aliphatic carbocycles. The number of alkyl halides is 1. The third-order valence-corrected chi connectivity index (χ3v) is 3.97. The van der Waals surface area contributed by atoms with Crippen LogP contribution in [-0.2, 0) is 0 Å². The van der Waals surface area contributed by atoms with Gasteiger partial charge in [-0.05, 0) is 23.4 Å². The van der Waals surface area contributed by atoms with Crippen molar-refractivity contribution < 1.29 is 4.74 Å². The molecule has 2 aromatic carbocycles. The van der Waals surface area contributed by atoms with Gasteiger partial charge in [0.2, 0.25) is 0 Å². The van der Waals surface area contributed by atoms with Crippen molar-refractivity contribution in [1.29, 1.82) is 0 Å². The first-order valence-corrected chi connectivity index (χ1v) is 6.89. The zero-order valence-electron chi connectivity index (χ0n) is 10.2. The molecular weight excluding hydrogens is 276 g/mol. The van der Waals surface area contributed by atoms with Gasteiger partial charge in [0.25, 0.3) is 0 Å². The third kappa shape index (κ3) is 2.47. The highest BCUT2D eigenvalue weighted by Crippen LogP contribution is 2.36. The van der Waals surface area contributed by atoms with E-state index in [1.54, 1.807) is 7.11 Å². The van der Waals surface area contributed by atoms with Crippen LogP contribution in [0.4, 0.5) is 0 Å². The van der Waals surface area contributed by atoms with Crippen molar-refractivity contribution in [1.82, 2.24) is 0 Å². The summed E-state index contributed by atoms with van der Waals surface area (Å²) < 4.78 is 5.41. The van der Waals surface area contributed by atoms with Gasteiger partial charge in [-0.15, -0.1) is 0 Å². The van der Waals surface area contributed by atoms with Crippen molar-refractivity contribution in [2.75, 3.05) is 7.11 Å². The van der Waals surface area contributed by atoms with Gasteiger partial charge < -0.3 is 4.74 Å². The van der Waals surface area contributed by atoms with Crippen LogP contribution >= 0.6 is 15.9 Å². The lowest BCUT2D eigenvalue weighted by Crippen LogP contribution is -1.93. The standard InChI is InChI=1S/C15H17BrO/c1-3-6-14(16)12-9-10-15(17-2)13-8-5-4-7-11(12)13/h4-5,7-10,14H,3,6H2,1-2H3. The van der Waals surface area contributed by atoms with E-state index in [4.69, 9.17) is 4.74 Å². The van der Waals surface area contributed by atoms with Crippen LogP contribution in [0, 0.1) is 0 Å². The lowest BCUT2D eigenvalue weighted by atomic mass is 9.99. The Morgan fingerprint density at radius 3 is 2.47 bits per heavy atom. The third-order valence-electron chi connectivity index (χ3n) is 3.02. The Morgan fingerprint density at radius 2 is 1.82 bits per heavy atom.